The first-order valence-corrected chi connectivity index (χ1v) is 8.66. The second kappa shape index (κ2) is 6.23. The Morgan fingerprint density at radius 3 is 2.76 bits per heavy atom. The number of ether oxygens (including phenoxy) is 1. The van der Waals surface area contributed by atoms with E-state index in [0.717, 1.165) is 0 Å². The smallest absolute Gasteiger partial charge is 0.410 e. The predicted molar refractivity (Wildman–Crippen MR) is 86.3 cm³/mol. The topological polar surface area (TPSA) is 67.6 Å². The number of aliphatic hydroxyl groups is 1. The zero-order chi connectivity index (χ0) is 18.4. The fourth-order valence-corrected chi connectivity index (χ4v) is 3.50. The molecule has 0 radical (unpaired) electrons. The van der Waals surface area contributed by atoms with Gasteiger partial charge in [-0.1, -0.05) is 0 Å². The Hall–Kier alpha value is -1.70. The minimum absolute atomic E-state index is 0.0823. The summed E-state index contributed by atoms with van der Waals surface area (Å²) in [6.45, 7) is 5.91. The zero-order valence-electron chi connectivity index (χ0n) is 14.9. The van der Waals surface area contributed by atoms with Gasteiger partial charge in [0, 0.05) is 38.1 Å². The molecule has 0 saturated heterocycles. The van der Waals surface area contributed by atoms with Crippen molar-refractivity contribution in [2.45, 2.75) is 64.6 Å². The van der Waals surface area contributed by atoms with E-state index in [1.54, 1.807) is 20.8 Å². The number of amides is 1. The van der Waals surface area contributed by atoms with Gasteiger partial charge in [0.05, 0.1) is 12.2 Å². The Balaban J connectivity index is 1.88. The van der Waals surface area contributed by atoms with Gasteiger partial charge in [0.25, 0.3) is 5.92 Å². The van der Waals surface area contributed by atoms with Crippen LogP contribution in [0.1, 0.15) is 50.6 Å². The van der Waals surface area contributed by atoms with Crippen LogP contribution in [0.2, 0.25) is 0 Å². The molecule has 0 saturated carbocycles. The fraction of sp³-hybridized carbons (Fsp3) is 0.765. The van der Waals surface area contributed by atoms with Gasteiger partial charge in [-0.05, 0) is 33.1 Å². The predicted octanol–water partition coefficient (Wildman–Crippen LogP) is 2.67. The molecule has 6 nitrogen and oxygen atoms in total. The van der Waals surface area contributed by atoms with Gasteiger partial charge in [-0.3, -0.25) is 4.68 Å². The molecule has 0 fully saturated rings. The summed E-state index contributed by atoms with van der Waals surface area (Å²) in [5, 5.41) is 13.7. The van der Waals surface area contributed by atoms with Crippen LogP contribution in [0.5, 0.6) is 0 Å². The van der Waals surface area contributed by atoms with Crippen LogP contribution in [0.3, 0.4) is 0 Å². The fourth-order valence-electron chi connectivity index (χ4n) is 3.50. The van der Waals surface area contributed by atoms with Crippen molar-refractivity contribution in [3.63, 3.8) is 0 Å². The highest BCUT2D eigenvalue weighted by Gasteiger charge is 2.44. The average molecular weight is 357 g/mol. The number of aliphatic hydroxyl groups excluding tert-OH is 1. The number of carbonyl (C=O) groups excluding carboxylic acids is 1. The average Bonchev–Trinajstić information content (AvgIpc) is 2.81. The van der Waals surface area contributed by atoms with E-state index in [0.29, 0.717) is 37.2 Å². The summed E-state index contributed by atoms with van der Waals surface area (Å²) >= 11 is 0. The number of hydrogen-bond acceptors (Lipinski definition) is 4. The van der Waals surface area contributed by atoms with Crippen LogP contribution in [-0.4, -0.2) is 44.6 Å². The van der Waals surface area contributed by atoms with E-state index in [2.05, 4.69) is 5.10 Å². The molecule has 1 aromatic heterocycles. The zero-order valence-corrected chi connectivity index (χ0v) is 14.9. The molecule has 25 heavy (non-hydrogen) atoms. The number of carbonyl (C=O) groups is 1. The van der Waals surface area contributed by atoms with E-state index in [1.807, 2.05) is 0 Å². The maximum atomic E-state index is 14.8. The first kappa shape index (κ1) is 18.1. The van der Waals surface area contributed by atoms with Crippen LogP contribution in [0.4, 0.5) is 13.6 Å². The van der Waals surface area contributed by atoms with E-state index < -0.39 is 30.0 Å². The third-order valence-electron chi connectivity index (χ3n) is 4.65. The number of rotatable bonds is 1. The molecule has 8 heteroatoms. The highest BCUT2D eigenvalue weighted by atomic mass is 19.3. The maximum Gasteiger partial charge on any atom is 0.410 e. The Labute approximate surface area is 145 Å². The largest absolute Gasteiger partial charge is 0.444 e. The molecule has 0 spiro atoms. The molecule has 1 atom stereocenters. The number of aryl methyl sites for hydroxylation is 1. The van der Waals surface area contributed by atoms with E-state index in [4.69, 9.17) is 4.74 Å². The minimum Gasteiger partial charge on any atom is -0.444 e. The number of alkyl halides is 2. The molecule has 0 bridgehead atoms. The van der Waals surface area contributed by atoms with E-state index >= 15 is 0 Å². The highest BCUT2D eigenvalue weighted by molar-refractivity contribution is 5.68. The van der Waals surface area contributed by atoms with E-state index in [1.165, 1.54) is 9.58 Å². The van der Waals surface area contributed by atoms with E-state index in [9.17, 15) is 18.7 Å². The van der Waals surface area contributed by atoms with Crippen LogP contribution < -0.4 is 0 Å². The lowest BCUT2D eigenvalue weighted by Crippen LogP contribution is -2.40. The summed E-state index contributed by atoms with van der Waals surface area (Å²) in [6, 6.07) is 0. The summed E-state index contributed by atoms with van der Waals surface area (Å²) < 4.78 is 36.4. The third kappa shape index (κ3) is 3.63. The molecule has 0 aliphatic carbocycles. The summed E-state index contributed by atoms with van der Waals surface area (Å²) in [4.78, 5) is 13.8. The Bertz CT molecular complexity index is 667. The van der Waals surface area contributed by atoms with Gasteiger partial charge in [0.15, 0.2) is 0 Å². The van der Waals surface area contributed by atoms with E-state index in [-0.39, 0.29) is 18.8 Å². The Morgan fingerprint density at radius 2 is 2.12 bits per heavy atom. The molecule has 2 aliphatic rings. The number of fused-ring (bicyclic) bond motifs is 3. The van der Waals surface area contributed by atoms with Crippen LogP contribution in [-0.2, 0) is 30.2 Å². The number of aromatic nitrogens is 2. The summed E-state index contributed by atoms with van der Waals surface area (Å²) in [7, 11) is 0. The first-order valence-electron chi connectivity index (χ1n) is 8.66. The van der Waals surface area contributed by atoms with Gasteiger partial charge in [-0.15, -0.1) is 0 Å². The molecule has 1 amide bonds. The van der Waals surface area contributed by atoms with Crippen molar-refractivity contribution < 1.29 is 23.4 Å². The van der Waals surface area contributed by atoms with Gasteiger partial charge in [0.1, 0.15) is 11.3 Å². The minimum atomic E-state index is -3.07. The van der Waals surface area contributed by atoms with Gasteiger partial charge in [0.2, 0.25) is 0 Å². The molecular formula is C17H25F2N3O3. The van der Waals surface area contributed by atoms with Gasteiger partial charge in [-0.2, -0.15) is 13.9 Å². The molecule has 0 aromatic carbocycles. The molecule has 3 rings (SSSR count). The molecular weight excluding hydrogens is 332 g/mol. The lowest BCUT2D eigenvalue weighted by molar-refractivity contribution is -0.0389. The lowest BCUT2D eigenvalue weighted by atomic mass is 9.95. The standard InChI is InChI=1S/C17H25F2N3O3/c1-16(2,3)25-15(24)21-6-5-13-12(9-21)14-17(18,19)8-11(10-23)4-7-22(14)20-13/h11,23H,4-10H2,1-3H3. The number of nitrogens with zero attached hydrogens (tertiary/aromatic N) is 3. The first-order chi connectivity index (χ1) is 11.6. The number of halogens is 2. The monoisotopic (exact) mass is 357 g/mol. The van der Waals surface area contributed by atoms with Gasteiger partial charge in [-0.25, -0.2) is 4.79 Å². The van der Waals surface area contributed by atoms with Crippen LogP contribution in [0, 0.1) is 5.92 Å². The van der Waals surface area contributed by atoms with Crippen molar-refractivity contribution in [3.8, 4) is 0 Å². The number of hydrogen-bond donors (Lipinski definition) is 1. The van der Waals surface area contributed by atoms with Crippen LogP contribution in [0.25, 0.3) is 0 Å². The van der Waals surface area contributed by atoms with Crippen LogP contribution >= 0.6 is 0 Å². The van der Waals surface area contributed by atoms with Crippen LogP contribution in [0.15, 0.2) is 0 Å². The molecule has 1 aromatic rings. The highest BCUT2D eigenvalue weighted by Crippen LogP contribution is 2.42. The van der Waals surface area contributed by atoms with Crippen molar-refractivity contribution in [2.75, 3.05) is 13.2 Å². The molecule has 140 valence electrons. The third-order valence-corrected chi connectivity index (χ3v) is 4.65. The Morgan fingerprint density at radius 1 is 1.40 bits per heavy atom. The van der Waals surface area contributed by atoms with Crippen molar-refractivity contribution in [2.24, 2.45) is 5.92 Å². The maximum absolute atomic E-state index is 14.8. The normalized spacial score (nSPS) is 22.8. The second-order valence-electron chi connectivity index (χ2n) is 7.89. The molecule has 3 heterocycles. The van der Waals surface area contributed by atoms with Gasteiger partial charge < -0.3 is 14.7 Å². The van der Waals surface area contributed by atoms with Gasteiger partial charge >= 0.3 is 6.09 Å². The van der Waals surface area contributed by atoms with Crippen molar-refractivity contribution in [3.05, 3.63) is 17.0 Å². The summed E-state index contributed by atoms with van der Waals surface area (Å²) in [5.74, 6) is -3.51. The van der Waals surface area contributed by atoms with Crippen molar-refractivity contribution >= 4 is 6.09 Å². The van der Waals surface area contributed by atoms with Crippen molar-refractivity contribution in [1.82, 2.24) is 14.7 Å². The molecule has 1 unspecified atom stereocenters. The second-order valence-corrected chi connectivity index (χ2v) is 7.89. The molecule has 1 N–H and O–H groups in total. The SMILES string of the molecule is CC(C)(C)OC(=O)N1CCc2nn3c(c2C1)C(F)(F)CC(CO)CC3. The molecule has 2 aliphatic heterocycles. The summed E-state index contributed by atoms with van der Waals surface area (Å²) in [5.41, 5.74) is 0.329. The quantitative estimate of drug-likeness (QED) is 0.839. The summed E-state index contributed by atoms with van der Waals surface area (Å²) in [6.07, 6.45) is 0.0145. The Kier molecular flexibility index (Phi) is 4.51. The lowest BCUT2D eigenvalue weighted by Gasteiger charge is -2.30. The van der Waals surface area contributed by atoms with Crippen molar-refractivity contribution in [1.29, 1.82) is 0 Å².